The molecule has 0 bridgehead atoms. The average Bonchev–Trinajstić information content (AvgIpc) is 2.85. The van der Waals surface area contributed by atoms with Gasteiger partial charge in [-0.2, -0.15) is 5.26 Å². The van der Waals surface area contributed by atoms with Gasteiger partial charge in [-0.15, -0.1) is 0 Å². The highest BCUT2D eigenvalue weighted by molar-refractivity contribution is 5.97. The third-order valence-electron chi connectivity index (χ3n) is 6.04. The third-order valence-corrected chi connectivity index (χ3v) is 6.04. The Morgan fingerprint density at radius 3 is 1.84 bits per heavy atom. The van der Waals surface area contributed by atoms with Gasteiger partial charge in [-0.25, -0.2) is 0 Å². The van der Waals surface area contributed by atoms with Crippen LogP contribution in [0.3, 0.4) is 0 Å². The van der Waals surface area contributed by atoms with Crippen molar-refractivity contribution in [1.82, 2.24) is 0 Å². The lowest BCUT2D eigenvalue weighted by Crippen LogP contribution is -2.42. The van der Waals surface area contributed by atoms with Crippen LogP contribution in [0.4, 0.5) is 0 Å². The van der Waals surface area contributed by atoms with Gasteiger partial charge in [0.25, 0.3) is 0 Å². The highest BCUT2D eigenvalue weighted by atomic mass is 16.5. The molecule has 1 heterocycles. The highest BCUT2D eigenvalue weighted by Gasteiger charge is 2.44. The Balaban J connectivity index is 1.59. The minimum Gasteiger partial charge on any atom is -0.352 e. The van der Waals surface area contributed by atoms with E-state index in [4.69, 9.17) is 4.74 Å². The zero-order valence-electron chi connectivity index (χ0n) is 17.8. The zero-order valence-corrected chi connectivity index (χ0v) is 17.8. The van der Waals surface area contributed by atoms with Gasteiger partial charge in [0, 0.05) is 24.0 Å². The molecule has 1 aliphatic rings. The first-order valence-corrected chi connectivity index (χ1v) is 10.9. The number of rotatable bonds is 7. The van der Waals surface area contributed by atoms with Gasteiger partial charge in [-0.05, 0) is 24.3 Å². The van der Waals surface area contributed by atoms with Gasteiger partial charge < -0.3 is 4.74 Å². The molecule has 3 atom stereocenters. The van der Waals surface area contributed by atoms with Crippen molar-refractivity contribution >= 4 is 11.6 Å². The monoisotopic (exact) mass is 423 g/mol. The Kier molecular flexibility index (Phi) is 6.58. The molecular formula is C28H25NO3. The van der Waals surface area contributed by atoms with E-state index in [0.29, 0.717) is 30.4 Å². The molecule has 0 N–H and O–H groups in total. The topological polar surface area (TPSA) is 67.2 Å². The van der Waals surface area contributed by atoms with Crippen LogP contribution in [0.25, 0.3) is 0 Å². The second kappa shape index (κ2) is 9.72. The number of benzene rings is 3. The summed E-state index contributed by atoms with van der Waals surface area (Å²) < 4.78 is 6.33. The summed E-state index contributed by atoms with van der Waals surface area (Å²) in [5, 5.41) is 10.2. The molecule has 160 valence electrons. The minimum absolute atomic E-state index is 0.0227. The fourth-order valence-electron chi connectivity index (χ4n) is 4.51. The van der Waals surface area contributed by atoms with E-state index < -0.39 is 11.7 Å². The number of hydrogen-bond donors (Lipinski definition) is 0. The number of ether oxygens (including phenoxy) is 1. The Labute approximate surface area is 188 Å². The summed E-state index contributed by atoms with van der Waals surface area (Å²) in [7, 11) is 0. The van der Waals surface area contributed by atoms with E-state index in [1.54, 1.807) is 12.1 Å². The molecule has 4 nitrogen and oxygen atoms in total. The van der Waals surface area contributed by atoms with Crippen molar-refractivity contribution in [3.8, 4) is 6.07 Å². The number of nitrogens with zero attached hydrogens (tertiary/aromatic N) is 1. The van der Waals surface area contributed by atoms with Gasteiger partial charge in [0.1, 0.15) is 6.07 Å². The first-order valence-electron chi connectivity index (χ1n) is 10.9. The molecular weight excluding hydrogens is 398 g/mol. The Bertz CT molecular complexity index is 1040. The third kappa shape index (κ3) is 4.85. The second-order valence-corrected chi connectivity index (χ2v) is 8.34. The lowest BCUT2D eigenvalue weighted by atomic mass is 9.76. The van der Waals surface area contributed by atoms with Crippen molar-refractivity contribution in [3.63, 3.8) is 0 Å². The molecule has 0 spiro atoms. The average molecular weight is 424 g/mol. The first-order chi connectivity index (χ1) is 15.6. The van der Waals surface area contributed by atoms with E-state index in [1.807, 2.05) is 78.9 Å². The fourth-order valence-corrected chi connectivity index (χ4v) is 4.51. The molecule has 32 heavy (non-hydrogen) atoms. The summed E-state index contributed by atoms with van der Waals surface area (Å²) in [6.45, 7) is 0. The smallest absolute Gasteiger partial charge is 0.180 e. The van der Waals surface area contributed by atoms with E-state index in [2.05, 4.69) is 6.07 Å². The van der Waals surface area contributed by atoms with Gasteiger partial charge >= 0.3 is 0 Å². The van der Waals surface area contributed by atoms with Crippen LogP contribution >= 0.6 is 0 Å². The van der Waals surface area contributed by atoms with E-state index in [1.165, 1.54) is 0 Å². The van der Waals surface area contributed by atoms with Gasteiger partial charge in [-0.3, -0.25) is 9.59 Å². The zero-order chi connectivity index (χ0) is 22.4. The molecule has 0 unspecified atom stereocenters. The molecule has 0 saturated carbocycles. The maximum atomic E-state index is 12.9. The molecule has 0 amide bonds. The minimum atomic E-state index is -1.18. The number of ketones is 2. The molecule has 4 heteroatoms. The second-order valence-electron chi connectivity index (χ2n) is 8.34. The summed E-state index contributed by atoms with van der Waals surface area (Å²) in [4.78, 5) is 25.8. The Hall–Kier alpha value is -3.55. The van der Waals surface area contributed by atoms with E-state index in [-0.39, 0.29) is 23.9 Å². The van der Waals surface area contributed by atoms with Crippen LogP contribution in [0.1, 0.15) is 52.0 Å². The van der Waals surface area contributed by atoms with E-state index in [0.717, 1.165) is 5.56 Å². The molecule has 4 rings (SSSR count). The van der Waals surface area contributed by atoms with Crippen LogP contribution in [-0.2, 0) is 10.3 Å². The van der Waals surface area contributed by atoms with Crippen LogP contribution < -0.4 is 0 Å². The predicted octanol–water partition coefficient (Wildman–Crippen LogP) is 5.75. The summed E-state index contributed by atoms with van der Waals surface area (Å²) in [5.41, 5.74) is 0.874. The summed E-state index contributed by atoms with van der Waals surface area (Å²) in [6.07, 6.45) is 1.04. The molecule has 3 aromatic rings. The Morgan fingerprint density at radius 1 is 0.812 bits per heavy atom. The number of nitriles is 1. The number of carbonyl (C=O) groups excluding carboxylic acids is 2. The van der Waals surface area contributed by atoms with E-state index >= 15 is 0 Å². The van der Waals surface area contributed by atoms with Gasteiger partial charge in [0.15, 0.2) is 17.2 Å². The lowest BCUT2D eigenvalue weighted by molar-refractivity contribution is -0.117. The molecule has 0 aliphatic carbocycles. The van der Waals surface area contributed by atoms with Crippen molar-refractivity contribution in [3.05, 3.63) is 108 Å². The summed E-state index contributed by atoms with van der Waals surface area (Å²) in [5.74, 6) is -0.0408. The number of hydrogen-bond acceptors (Lipinski definition) is 4. The molecule has 1 saturated heterocycles. The first kappa shape index (κ1) is 21.7. The normalized spacial score (nSPS) is 22.6. The maximum absolute atomic E-state index is 12.9. The van der Waals surface area contributed by atoms with Crippen LogP contribution in [0.2, 0.25) is 0 Å². The molecule has 0 aromatic heterocycles. The largest absolute Gasteiger partial charge is 0.352 e. The van der Waals surface area contributed by atoms with Crippen LogP contribution in [0, 0.1) is 17.2 Å². The number of Topliss-reactive ketones (excluding diaryl/α,β-unsaturated/α-hetero) is 2. The fraction of sp³-hybridized carbons (Fsp3) is 0.250. The SMILES string of the molecule is N#C[C@]1(c2ccccc2)C[C@@H](CC(=O)c2ccccc2)C[C@@H](CC(=O)c2ccccc2)O1. The molecule has 0 radical (unpaired) electrons. The van der Waals surface area contributed by atoms with Crippen LogP contribution in [0.15, 0.2) is 91.0 Å². The van der Waals surface area contributed by atoms with Crippen molar-refractivity contribution in [1.29, 1.82) is 5.26 Å². The summed E-state index contributed by atoms with van der Waals surface area (Å²) in [6, 6.07) is 30.1. The molecule has 1 fully saturated rings. The van der Waals surface area contributed by atoms with Crippen molar-refractivity contribution in [2.45, 2.75) is 37.4 Å². The van der Waals surface area contributed by atoms with Crippen LogP contribution in [-0.4, -0.2) is 17.7 Å². The Morgan fingerprint density at radius 2 is 1.31 bits per heavy atom. The summed E-state index contributed by atoms with van der Waals surface area (Å²) >= 11 is 0. The van der Waals surface area contributed by atoms with Gasteiger partial charge in [0.05, 0.1) is 6.10 Å². The van der Waals surface area contributed by atoms with Gasteiger partial charge in [-0.1, -0.05) is 91.0 Å². The van der Waals surface area contributed by atoms with Crippen molar-refractivity contribution < 1.29 is 14.3 Å². The van der Waals surface area contributed by atoms with Crippen molar-refractivity contribution in [2.75, 3.05) is 0 Å². The quantitative estimate of drug-likeness (QED) is 0.454. The van der Waals surface area contributed by atoms with Gasteiger partial charge in [0.2, 0.25) is 0 Å². The molecule has 1 aliphatic heterocycles. The van der Waals surface area contributed by atoms with Crippen LogP contribution in [0.5, 0.6) is 0 Å². The molecule has 3 aromatic carbocycles. The lowest BCUT2D eigenvalue weighted by Gasteiger charge is -2.40. The standard InChI is InChI=1S/C28H25NO3/c29-20-28(24-14-8-3-9-15-24)19-21(17-26(30)22-10-4-1-5-11-22)16-25(32-28)18-27(31)23-12-6-2-7-13-23/h1-15,21,25H,16-19H2/t21-,25+,28+/m1/s1. The number of carbonyl (C=O) groups is 2. The predicted molar refractivity (Wildman–Crippen MR) is 122 cm³/mol. The highest BCUT2D eigenvalue weighted by Crippen LogP contribution is 2.42. The van der Waals surface area contributed by atoms with Crippen molar-refractivity contribution in [2.24, 2.45) is 5.92 Å². The maximum Gasteiger partial charge on any atom is 0.180 e. The van der Waals surface area contributed by atoms with E-state index in [9.17, 15) is 14.9 Å².